The summed E-state index contributed by atoms with van der Waals surface area (Å²) < 4.78 is 6.21. The van der Waals surface area contributed by atoms with Gasteiger partial charge in [0.1, 0.15) is 0 Å². The van der Waals surface area contributed by atoms with Crippen molar-refractivity contribution >= 4 is 28.0 Å². The molecule has 0 unspecified atom stereocenters. The molecule has 6 aromatic rings. The average Bonchev–Trinajstić information content (AvgIpc) is 2.96. The highest BCUT2D eigenvalue weighted by molar-refractivity contribution is 5.99. The van der Waals surface area contributed by atoms with Gasteiger partial charge in [0, 0.05) is 16.6 Å². The van der Waals surface area contributed by atoms with Crippen molar-refractivity contribution in [3.63, 3.8) is 0 Å². The number of hydrogen-bond acceptors (Lipinski definition) is 3. The number of hydrogen-bond donors (Lipinski definition) is 0. The quantitative estimate of drug-likeness (QED) is 0.262. The molecule has 1 aromatic heterocycles. The van der Waals surface area contributed by atoms with Crippen LogP contribution in [-0.4, -0.2) is 4.98 Å². The number of aromatic nitrogens is 1. The molecule has 0 radical (unpaired) electrons. The zero-order chi connectivity index (χ0) is 23.9. The predicted molar refractivity (Wildman–Crippen MR) is 147 cm³/mol. The standard InChI is InChI=1S/C33H22N2O/c1-3-11-23(12-4-1)27-22-28(24-13-5-2-6-14-24)34-29-21-25(19-20-26(27)29)35-30-15-7-9-17-32(30)36-33-18-10-8-16-31(33)35/h1-22H. The number of rotatable bonds is 3. The Labute approximate surface area is 209 Å². The van der Waals surface area contributed by atoms with Crippen LogP contribution in [0.4, 0.5) is 17.1 Å². The van der Waals surface area contributed by atoms with Crippen molar-refractivity contribution < 1.29 is 4.74 Å². The Morgan fingerprint density at radius 1 is 0.528 bits per heavy atom. The first-order valence-electron chi connectivity index (χ1n) is 12.1. The lowest BCUT2D eigenvalue weighted by molar-refractivity contribution is 0.477. The van der Waals surface area contributed by atoms with Crippen LogP contribution >= 0.6 is 0 Å². The van der Waals surface area contributed by atoms with Crippen molar-refractivity contribution in [3.05, 3.63) is 133 Å². The van der Waals surface area contributed by atoms with Crippen LogP contribution in [0, 0.1) is 0 Å². The van der Waals surface area contributed by atoms with E-state index in [4.69, 9.17) is 9.72 Å². The van der Waals surface area contributed by atoms with Crippen molar-refractivity contribution in [2.75, 3.05) is 4.90 Å². The summed E-state index contributed by atoms with van der Waals surface area (Å²) in [6.45, 7) is 0. The van der Waals surface area contributed by atoms with Gasteiger partial charge in [0.05, 0.1) is 22.6 Å². The van der Waals surface area contributed by atoms with Gasteiger partial charge in [-0.3, -0.25) is 0 Å². The van der Waals surface area contributed by atoms with Crippen molar-refractivity contribution in [2.24, 2.45) is 0 Å². The maximum atomic E-state index is 6.21. The number of pyridine rings is 1. The third-order valence-electron chi connectivity index (χ3n) is 6.64. The third-order valence-corrected chi connectivity index (χ3v) is 6.64. The number of benzene rings is 5. The molecule has 170 valence electrons. The van der Waals surface area contributed by atoms with Gasteiger partial charge in [-0.15, -0.1) is 0 Å². The number of ether oxygens (including phenoxy) is 1. The Balaban J connectivity index is 1.47. The Bertz CT molecular complexity index is 1670. The normalized spacial score (nSPS) is 12.1. The van der Waals surface area contributed by atoms with Gasteiger partial charge < -0.3 is 9.64 Å². The molecule has 36 heavy (non-hydrogen) atoms. The number of para-hydroxylation sites is 4. The fourth-order valence-electron chi connectivity index (χ4n) is 4.95. The van der Waals surface area contributed by atoms with E-state index in [2.05, 4.69) is 95.9 Å². The van der Waals surface area contributed by atoms with E-state index in [9.17, 15) is 0 Å². The molecule has 1 aliphatic heterocycles. The average molecular weight is 463 g/mol. The summed E-state index contributed by atoms with van der Waals surface area (Å²) in [4.78, 5) is 7.40. The highest BCUT2D eigenvalue weighted by Crippen LogP contribution is 2.50. The van der Waals surface area contributed by atoms with Crippen molar-refractivity contribution in [1.82, 2.24) is 4.98 Å². The molecule has 2 heterocycles. The lowest BCUT2D eigenvalue weighted by Crippen LogP contribution is -2.15. The van der Waals surface area contributed by atoms with E-state index in [0.717, 1.165) is 50.7 Å². The number of anilines is 3. The zero-order valence-corrected chi connectivity index (χ0v) is 19.5. The van der Waals surface area contributed by atoms with Gasteiger partial charge in [-0.2, -0.15) is 0 Å². The Morgan fingerprint density at radius 3 is 1.78 bits per heavy atom. The molecule has 0 bridgehead atoms. The zero-order valence-electron chi connectivity index (χ0n) is 19.5. The summed E-state index contributed by atoms with van der Waals surface area (Å²) in [7, 11) is 0. The molecule has 0 N–H and O–H groups in total. The number of fused-ring (bicyclic) bond motifs is 3. The summed E-state index contributed by atoms with van der Waals surface area (Å²) in [5, 5.41) is 1.12. The Hall–Kier alpha value is -4.89. The summed E-state index contributed by atoms with van der Waals surface area (Å²) in [5.74, 6) is 1.68. The molecule has 0 amide bonds. The lowest BCUT2D eigenvalue weighted by Gasteiger charge is -2.32. The minimum absolute atomic E-state index is 0.840. The van der Waals surface area contributed by atoms with E-state index in [0.29, 0.717) is 0 Å². The number of nitrogens with zero attached hydrogens (tertiary/aromatic N) is 2. The van der Waals surface area contributed by atoms with Crippen molar-refractivity contribution in [3.8, 4) is 33.9 Å². The van der Waals surface area contributed by atoms with E-state index >= 15 is 0 Å². The topological polar surface area (TPSA) is 25.4 Å². The molecule has 0 saturated carbocycles. The second-order valence-electron chi connectivity index (χ2n) is 8.86. The van der Waals surface area contributed by atoms with E-state index in [-0.39, 0.29) is 0 Å². The molecular formula is C33H22N2O. The highest BCUT2D eigenvalue weighted by atomic mass is 16.5. The van der Waals surface area contributed by atoms with E-state index in [1.807, 2.05) is 42.5 Å². The molecule has 0 saturated heterocycles. The summed E-state index contributed by atoms with van der Waals surface area (Å²) in [5.41, 5.74) is 8.43. The second kappa shape index (κ2) is 8.40. The van der Waals surface area contributed by atoms with Gasteiger partial charge >= 0.3 is 0 Å². The second-order valence-corrected chi connectivity index (χ2v) is 8.86. The van der Waals surface area contributed by atoms with Gasteiger partial charge in [0.15, 0.2) is 11.5 Å². The fourth-order valence-corrected chi connectivity index (χ4v) is 4.95. The van der Waals surface area contributed by atoms with Gasteiger partial charge in [0.2, 0.25) is 0 Å². The van der Waals surface area contributed by atoms with Gasteiger partial charge in [-0.1, -0.05) is 91.0 Å². The van der Waals surface area contributed by atoms with Crippen LogP contribution in [0.25, 0.3) is 33.3 Å². The largest absolute Gasteiger partial charge is 0.453 e. The summed E-state index contributed by atoms with van der Waals surface area (Å²) in [6.07, 6.45) is 0. The van der Waals surface area contributed by atoms with Gasteiger partial charge in [0.25, 0.3) is 0 Å². The first-order valence-corrected chi connectivity index (χ1v) is 12.1. The lowest BCUT2D eigenvalue weighted by atomic mass is 9.98. The summed E-state index contributed by atoms with van der Waals surface area (Å²) >= 11 is 0. The molecule has 0 aliphatic carbocycles. The maximum absolute atomic E-state index is 6.21. The fraction of sp³-hybridized carbons (Fsp3) is 0. The van der Waals surface area contributed by atoms with Crippen LogP contribution in [0.2, 0.25) is 0 Å². The van der Waals surface area contributed by atoms with Crippen LogP contribution in [0.5, 0.6) is 11.5 Å². The van der Waals surface area contributed by atoms with Crippen molar-refractivity contribution in [2.45, 2.75) is 0 Å². The molecule has 3 nitrogen and oxygen atoms in total. The molecule has 7 rings (SSSR count). The molecule has 1 aliphatic rings. The van der Waals surface area contributed by atoms with Crippen LogP contribution in [-0.2, 0) is 0 Å². The van der Waals surface area contributed by atoms with Crippen LogP contribution in [0.15, 0.2) is 133 Å². The molecule has 5 aromatic carbocycles. The Kier molecular flexibility index (Phi) is 4.78. The van der Waals surface area contributed by atoms with E-state index in [1.54, 1.807) is 0 Å². The van der Waals surface area contributed by atoms with Crippen LogP contribution < -0.4 is 9.64 Å². The van der Waals surface area contributed by atoms with Gasteiger partial charge in [-0.25, -0.2) is 4.98 Å². The minimum atomic E-state index is 0.840. The highest BCUT2D eigenvalue weighted by Gasteiger charge is 2.25. The van der Waals surface area contributed by atoms with Crippen molar-refractivity contribution in [1.29, 1.82) is 0 Å². The van der Waals surface area contributed by atoms with E-state index in [1.165, 1.54) is 11.1 Å². The monoisotopic (exact) mass is 462 g/mol. The Morgan fingerprint density at radius 2 is 1.11 bits per heavy atom. The molecule has 0 atom stereocenters. The van der Waals surface area contributed by atoms with Crippen LogP contribution in [0.3, 0.4) is 0 Å². The van der Waals surface area contributed by atoms with Gasteiger partial charge in [-0.05, 0) is 53.6 Å². The smallest absolute Gasteiger partial charge is 0.151 e. The van der Waals surface area contributed by atoms with Crippen LogP contribution in [0.1, 0.15) is 0 Å². The first-order chi connectivity index (χ1) is 17.8. The summed E-state index contributed by atoms with van der Waals surface area (Å²) in [6, 6.07) is 46.0. The minimum Gasteiger partial charge on any atom is -0.453 e. The maximum Gasteiger partial charge on any atom is 0.151 e. The molecule has 0 spiro atoms. The third kappa shape index (κ3) is 3.41. The molecule has 0 fully saturated rings. The molecular weight excluding hydrogens is 440 g/mol. The predicted octanol–water partition coefficient (Wildman–Crippen LogP) is 9.14. The van der Waals surface area contributed by atoms with E-state index < -0.39 is 0 Å². The SMILES string of the molecule is c1ccc(-c2cc(-c3ccccc3)c3ccc(N4c5ccccc5Oc5ccccc54)cc3n2)cc1. The molecule has 3 heteroatoms. The first kappa shape index (κ1) is 20.5.